The van der Waals surface area contributed by atoms with Crippen LogP contribution < -0.4 is 15.4 Å². The summed E-state index contributed by atoms with van der Waals surface area (Å²) in [7, 11) is -1.45. The van der Waals surface area contributed by atoms with Gasteiger partial charge in [-0.05, 0) is 28.8 Å². The first-order valence-corrected chi connectivity index (χ1v) is 11.1. The molecule has 0 spiro atoms. The predicted molar refractivity (Wildman–Crippen MR) is 125 cm³/mol. The number of hydrogen-bond acceptors (Lipinski definition) is 4. The first-order chi connectivity index (χ1) is 14.0. The van der Waals surface area contributed by atoms with Gasteiger partial charge in [0.2, 0.25) is 0 Å². The molecular formula is C20H25F3IN3O3S. The summed E-state index contributed by atoms with van der Waals surface area (Å²) in [4.78, 5) is 4.12. The Labute approximate surface area is 197 Å². The zero-order valence-corrected chi connectivity index (χ0v) is 20.2. The van der Waals surface area contributed by atoms with Gasteiger partial charge < -0.3 is 15.4 Å². The van der Waals surface area contributed by atoms with E-state index in [0.717, 1.165) is 16.7 Å². The third-order valence-corrected chi connectivity index (χ3v) is 4.78. The van der Waals surface area contributed by atoms with E-state index in [1.165, 1.54) is 18.4 Å². The van der Waals surface area contributed by atoms with Crippen molar-refractivity contribution in [3.8, 4) is 5.75 Å². The van der Waals surface area contributed by atoms with Gasteiger partial charge in [-0.2, -0.15) is 13.2 Å². The van der Waals surface area contributed by atoms with Crippen LogP contribution in [-0.2, 0) is 28.7 Å². The highest BCUT2D eigenvalue weighted by Gasteiger charge is 2.28. The molecule has 6 nitrogen and oxygen atoms in total. The number of rotatable bonds is 8. The van der Waals surface area contributed by atoms with Gasteiger partial charge in [-0.3, -0.25) is 4.99 Å². The molecule has 2 N–H and O–H groups in total. The van der Waals surface area contributed by atoms with Gasteiger partial charge in [-0.25, -0.2) is 8.42 Å². The van der Waals surface area contributed by atoms with Crippen molar-refractivity contribution in [2.24, 2.45) is 4.99 Å². The number of hydrogen-bond donors (Lipinski definition) is 2. The van der Waals surface area contributed by atoms with Gasteiger partial charge in [-0.15, -0.1) is 24.0 Å². The molecular weight excluding hydrogens is 546 g/mol. The van der Waals surface area contributed by atoms with Crippen LogP contribution in [0.2, 0.25) is 0 Å². The van der Waals surface area contributed by atoms with Crippen molar-refractivity contribution in [2.45, 2.75) is 25.0 Å². The highest BCUT2D eigenvalue weighted by molar-refractivity contribution is 14.0. The SMILES string of the molecule is CN=C(NCc1ccc(CS(C)(=O)=O)cc1)NCc1ccc(OCC(F)(F)F)cc1.I. The van der Waals surface area contributed by atoms with E-state index in [0.29, 0.717) is 19.0 Å². The van der Waals surface area contributed by atoms with Crippen molar-refractivity contribution < 1.29 is 26.3 Å². The largest absolute Gasteiger partial charge is 0.484 e. The van der Waals surface area contributed by atoms with Crippen molar-refractivity contribution in [3.63, 3.8) is 0 Å². The quantitative estimate of drug-likeness (QED) is 0.288. The number of guanidine groups is 1. The fourth-order valence-electron chi connectivity index (χ4n) is 2.52. The predicted octanol–water partition coefficient (Wildman–Crippen LogP) is 3.66. The van der Waals surface area contributed by atoms with E-state index < -0.39 is 22.6 Å². The molecule has 2 rings (SSSR count). The number of halogens is 4. The number of alkyl halides is 3. The van der Waals surface area contributed by atoms with Crippen LogP contribution in [0.5, 0.6) is 5.75 Å². The Balaban J connectivity index is 0.00000480. The Kier molecular flexibility index (Phi) is 10.6. The number of sulfone groups is 1. The lowest BCUT2D eigenvalue weighted by Gasteiger charge is -2.13. The molecule has 172 valence electrons. The molecule has 0 aliphatic heterocycles. The average molecular weight is 571 g/mol. The Morgan fingerprint density at radius 1 is 0.935 bits per heavy atom. The molecule has 0 fully saturated rings. The monoisotopic (exact) mass is 571 g/mol. The van der Waals surface area contributed by atoms with E-state index in [4.69, 9.17) is 0 Å². The molecule has 0 saturated carbocycles. The minimum atomic E-state index is -4.37. The molecule has 0 saturated heterocycles. The number of nitrogens with one attached hydrogen (secondary N) is 2. The molecule has 0 radical (unpaired) electrons. The van der Waals surface area contributed by atoms with Crippen LogP contribution in [0.25, 0.3) is 0 Å². The number of aliphatic imine (C=N–C) groups is 1. The van der Waals surface area contributed by atoms with Crippen LogP contribution in [0, 0.1) is 0 Å². The zero-order valence-electron chi connectivity index (χ0n) is 17.1. The summed E-state index contributed by atoms with van der Waals surface area (Å²) in [5, 5.41) is 6.26. The fourth-order valence-corrected chi connectivity index (χ4v) is 3.31. The highest BCUT2D eigenvalue weighted by Crippen LogP contribution is 2.18. The van der Waals surface area contributed by atoms with Crippen molar-refractivity contribution in [1.29, 1.82) is 0 Å². The van der Waals surface area contributed by atoms with Gasteiger partial charge in [-0.1, -0.05) is 36.4 Å². The Hall–Kier alpha value is -2.02. The maximum absolute atomic E-state index is 12.2. The van der Waals surface area contributed by atoms with E-state index in [1.54, 1.807) is 31.3 Å². The van der Waals surface area contributed by atoms with E-state index >= 15 is 0 Å². The molecule has 2 aromatic rings. The van der Waals surface area contributed by atoms with Gasteiger partial charge in [0, 0.05) is 26.4 Å². The Bertz CT molecular complexity index is 948. The molecule has 0 amide bonds. The third-order valence-electron chi connectivity index (χ3n) is 3.92. The van der Waals surface area contributed by atoms with Crippen LogP contribution in [0.3, 0.4) is 0 Å². The van der Waals surface area contributed by atoms with E-state index in [1.807, 2.05) is 12.1 Å². The molecule has 0 aliphatic rings. The summed E-state index contributed by atoms with van der Waals surface area (Å²) in [6, 6.07) is 13.6. The van der Waals surface area contributed by atoms with Gasteiger partial charge >= 0.3 is 6.18 Å². The van der Waals surface area contributed by atoms with E-state index in [-0.39, 0.29) is 35.5 Å². The number of nitrogens with zero attached hydrogens (tertiary/aromatic N) is 1. The summed E-state index contributed by atoms with van der Waals surface area (Å²) >= 11 is 0. The first kappa shape index (κ1) is 27.0. The molecule has 2 aromatic carbocycles. The van der Waals surface area contributed by atoms with Crippen molar-refractivity contribution in [1.82, 2.24) is 10.6 Å². The van der Waals surface area contributed by atoms with Crippen LogP contribution >= 0.6 is 24.0 Å². The molecule has 0 bridgehead atoms. The second kappa shape index (κ2) is 12.1. The Morgan fingerprint density at radius 2 is 1.39 bits per heavy atom. The molecule has 31 heavy (non-hydrogen) atoms. The summed E-state index contributed by atoms with van der Waals surface area (Å²) in [6.45, 7) is -0.411. The maximum atomic E-state index is 12.2. The lowest BCUT2D eigenvalue weighted by molar-refractivity contribution is -0.153. The summed E-state index contributed by atoms with van der Waals surface area (Å²) in [5.41, 5.74) is 2.54. The van der Waals surface area contributed by atoms with Gasteiger partial charge in [0.1, 0.15) is 5.75 Å². The topological polar surface area (TPSA) is 79.8 Å². The standard InChI is InChI=1S/C20H24F3N3O3S.HI/c1-24-19(25-11-15-3-5-17(6-4-15)13-30(2,27)28)26-12-16-7-9-18(10-8-16)29-14-20(21,22)23;/h3-10H,11-14H2,1-2H3,(H2,24,25,26);1H. The van der Waals surface area contributed by atoms with Crippen molar-refractivity contribution >= 4 is 39.8 Å². The first-order valence-electron chi connectivity index (χ1n) is 9.02. The second-order valence-electron chi connectivity index (χ2n) is 6.71. The Morgan fingerprint density at radius 3 is 1.81 bits per heavy atom. The summed E-state index contributed by atoms with van der Waals surface area (Å²) in [6.07, 6.45) is -3.17. The average Bonchev–Trinajstić information content (AvgIpc) is 2.67. The molecule has 11 heteroatoms. The lowest BCUT2D eigenvalue weighted by Crippen LogP contribution is -2.36. The van der Waals surface area contributed by atoms with Crippen LogP contribution in [0.15, 0.2) is 53.5 Å². The normalized spacial score (nSPS) is 12.1. The third kappa shape index (κ3) is 11.2. The minimum Gasteiger partial charge on any atom is -0.484 e. The molecule has 0 unspecified atom stereocenters. The number of ether oxygens (including phenoxy) is 1. The summed E-state index contributed by atoms with van der Waals surface area (Å²) < 4.78 is 63.9. The maximum Gasteiger partial charge on any atom is 0.422 e. The van der Waals surface area contributed by atoms with Crippen LogP contribution in [0.1, 0.15) is 16.7 Å². The van der Waals surface area contributed by atoms with Crippen molar-refractivity contribution in [2.75, 3.05) is 19.9 Å². The van der Waals surface area contributed by atoms with E-state index in [2.05, 4.69) is 20.4 Å². The second-order valence-corrected chi connectivity index (χ2v) is 8.85. The van der Waals surface area contributed by atoms with Gasteiger partial charge in [0.05, 0.1) is 5.75 Å². The summed E-state index contributed by atoms with van der Waals surface area (Å²) in [5.74, 6) is 0.703. The van der Waals surface area contributed by atoms with Gasteiger partial charge in [0.15, 0.2) is 22.4 Å². The molecule has 0 aliphatic carbocycles. The molecule has 0 aromatic heterocycles. The molecule has 0 atom stereocenters. The minimum absolute atomic E-state index is 0. The van der Waals surface area contributed by atoms with E-state index in [9.17, 15) is 21.6 Å². The lowest BCUT2D eigenvalue weighted by atomic mass is 10.1. The van der Waals surface area contributed by atoms with Crippen molar-refractivity contribution in [3.05, 3.63) is 65.2 Å². The molecule has 0 heterocycles. The van der Waals surface area contributed by atoms with Crippen LogP contribution in [-0.4, -0.2) is 40.5 Å². The zero-order chi connectivity index (χ0) is 22.2. The number of benzene rings is 2. The smallest absolute Gasteiger partial charge is 0.422 e. The fraction of sp³-hybridized carbons (Fsp3) is 0.350. The van der Waals surface area contributed by atoms with Crippen LogP contribution in [0.4, 0.5) is 13.2 Å². The highest BCUT2D eigenvalue weighted by atomic mass is 127. The van der Waals surface area contributed by atoms with Gasteiger partial charge in [0.25, 0.3) is 0 Å².